The third-order valence-electron chi connectivity index (χ3n) is 12.0. The number of benzene rings is 9. The Labute approximate surface area is 346 Å². The van der Waals surface area contributed by atoms with Gasteiger partial charge in [-0.15, -0.1) is 11.3 Å². The van der Waals surface area contributed by atoms with E-state index in [2.05, 4.69) is 228 Å². The van der Waals surface area contributed by atoms with Crippen molar-refractivity contribution in [2.24, 2.45) is 0 Å². The Kier molecular flexibility index (Phi) is 7.75. The number of hydrogen-bond acceptors (Lipinski definition) is 1. The normalized spacial score (nSPS) is 11.7. The standard InChI is InChI=1S/C56H36N2S/c1-4-14-37(15-5-1)41-34-42(38-16-6-2-7-17-38)36-44(35-41)57-33-32-51-52(57)31-30-48-47-20-10-11-25-53(47)58(54(48)51)43-28-26-40(27-29-43)46-22-13-24-50-49-23-12-21-45(55(49)59-56(46)50)39-18-8-3-9-19-39/h1-36H. The van der Waals surface area contributed by atoms with Crippen LogP contribution in [0.15, 0.2) is 219 Å². The van der Waals surface area contributed by atoms with E-state index in [4.69, 9.17) is 0 Å². The lowest BCUT2D eigenvalue weighted by molar-refractivity contribution is 1.13. The Bertz CT molecular complexity index is 3460. The topological polar surface area (TPSA) is 9.86 Å². The lowest BCUT2D eigenvalue weighted by Gasteiger charge is -2.13. The van der Waals surface area contributed by atoms with E-state index < -0.39 is 0 Å². The smallest absolute Gasteiger partial charge is 0.0635 e. The predicted octanol–water partition coefficient (Wildman–Crippen LogP) is 15.8. The first-order valence-corrected chi connectivity index (χ1v) is 21.0. The number of rotatable bonds is 6. The molecule has 0 aliphatic rings. The average Bonchev–Trinajstić information content (AvgIpc) is 4.02. The van der Waals surface area contributed by atoms with Gasteiger partial charge in [0.15, 0.2) is 0 Å². The summed E-state index contributed by atoms with van der Waals surface area (Å²) in [4.78, 5) is 0. The van der Waals surface area contributed by atoms with Crippen LogP contribution in [0.4, 0.5) is 0 Å². The second kappa shape index (κ2) is 13.6. The average molecular weight is 769 g/mol. The Morgan fingerprint density at radius 1 is 0.305 bits per heavy atom. The summed E-state index contributed by atoms with van der Waals surface area (Å²) in [5.41, 5.74) is 15.7. The highest BCUT2D eigenvalue weighted by Crippen LogP contribution is 2.44. The number of fused-ring (bicyclic) bond motifs is 8. The van der Waals surface area contributed by atoms with E-state index >= 15 is 0 Å². The van der Waals surface area contributed by atoms with E-state index in [0.717, 1.165) is 11.4 Å². The van der Waals surface area contributed by atoms with Gasteiger partial charge in [-0.25, -0.2) is 0 Å². The molecule has 0 N–H and O–H groups in total. The van der Waals surface area contributed by atoms with Gasteiger partial charge in [-0.1, -0.05) is 164 Å². The Balaban J connectivity index is 1.01. The van der Waals surface area contributed by atoms with Crippen molar-refractivity contribution < 1.29 is 0 Å². The van der Waals surface area contributed by atoms with Gasteiger partial charge in [-0.3, -0.25) is 0 Å². The molecule has 276 valence electrons. The van der Waals surface area contributed by atoms with Crippen molar-refractivity contribution >= 4 is 64.2 Å². The number of nitrogens with zero attached hydrogens (tertiary/aromatic N) is 2. The van der Waals surface area contributed by atoms with Gasteiger partial charge < -0.3 is 9.13 Å². The molecule has 0 bridgehead atoms. The molecule has 0 aliphatic carbocycles. The molecule has 0 amide bonds. The fourth-order valence-corrected chi connectivity index (χ4v) is 10.6. The molecule has 0 saturated carbocycles. The summed E-state index contributed by atoms with van der Waals surface area (Å²) >= 11 is 1.90. The summed E-state index contributed by atoms with van der Waals surface area (Å²) in [6, 6.07) is 77.5. The van der Waals surface area contributed by atoms with Crippen molar-refractivity contribution in [2.45, 2.75) is 0 Å². The summed E-state index contributed by atoms with van der Waals surface area (Å²) in [5, 5.41) is 6.35. The van der Waals surface area contributed by atoms with Gasteiger partial charge in [0.25, 0.3) is 0 Å². The van der Waals surface area contributed by atoms with Crippen molar-refractivity contribution in [3.63, 3.8) is 0 Å². The van der Waals surface area contributed by atoms with Crippen LogP contribution in [-0.2, 0) is 0 Å². The van der Waals surface area contributed by atoms with Crippen molar-refractivity contribution in [2.75, 3.05) is 0 Å². The van der Waals surface area contributed by atoms with Crippen molar-refractivity contribution in [1.82, 2.24) is 9.13 Å². The fourth-order valence-electron chi connectivity index (χ4n) is 9.20. The molecule has 2 nitrogen and oxygen atoms in total. The molecular weight excluding hydrogens is 733 g/mol. The lowest BCUT2D eigenvalue weighted by atomic mass is 9.98. The minimum absolute atomic E-state index is 1.14. The molecule has 0 radical (unpaired) electrons. The zero-order valence-electron chi connectivity index (χ0n) is 32.1. The molecule has 0 atom stereocenters. The van der Waals surface area contributed by atoms with Gasteiger partial charge in [0, 0.05) is 53.9 Å². The lowest BCUT2D eigenvalue weighted by Crippen LogP contribution is -1.96. The third-order valence-corrected chi connectivity index (χ3v) is 13.2. The molecule has 0 saturated heterocycles. The van der Waals surface area contributed by atoms with Gasteiger partial charge >= 0.3 is 0 Å². The highest BCUT2D eigenvalue weighted by atomic mass is 32.1. The molecule has 12 rings (SSSR count). The number of aromatic nitrogens is 2. The SMILES string of the molecule is c1ccc(-c2cc(-c3ccccc3)cc(-n3ccc4c3ccc3c5ccccc5n(-c5ccc(-c6cccc7c6sc6c(-c8ccccc8)cccc67)cc5)c34)c2)cc1. The van der Waals surface area contributed by atoms with Crippen LogP contribution >= 0.6 is 11.3 Å². The molecule has 3 heteroatoms. The van der Waals surface area contributed by atoms with Gasteiger partial charge in [-0.05, 0) is 93.0 Å². The molecular formula is C56H36N2S. The van der Waals surface area contributed by atoms with Crippen LogP contribution in [-0.4, -0.2) is 9.13 Å². The molecule has 0 unspecified atom stereocenters. The number of hydrogen-bond donors (Lipinski definition) is 0. The first-order chi connectivity index (χ1) is 29.3. The molecule has 0 aliphatic heterocycles. The van der Waals surface area contributed by atoms with Crippen molar-refractivity contribution in [3.05, 3.63) is 219 Å². The van der Waals surface area contributed by atoms with E-state index in [0.29, 0.717) is 0 Å². The van der Waals surface area contributed by atoms with Crippen molar-refractivity contribution in [1.29, 1.82) is 0 Å². The maximum absolute atomic E-state index is 2.46. The summed E-state index contributed by atoms with van der Waals surface area (Å²) in [5.74, 6) is 0. The zero-order valence-corrected chi connectivity index (χ0v) is 32.9. The van der Waals surface area contributed by atoms with E-state index in [1.165, 1.54) is 97.4 Å². The molecule has 0 fully saturated rings. The van der Waals surface area contributed by atoms with Crippen LogP contribution in [0.25, 0.3) is 109 Å². The van der Waals surface area contributed by atoms with Crippen LogP contribution in [0.1, 0.15) is 0 Å². The predicted molar refractivity (Wildman–Crippen MR) is 252 cm³/mol. The highest BCUT2D eigenvalue weighted by molar-refractivity contribution is 7.26. The molecule has 9 aromatic carbocycles. The molecule has 59 heavy (non-hydrogen) atoms. The Morgan fingerprint density at radius 3 is 1.47 bits per heavy atom. The maximum Gasteiger partial charge on any atom is 0.0635 e. The monoisotopic (exact) mass is 768 g/mol. The quantitative estimate of drug-likeness (QED) is 0.159. The van der Waals surface area contributed by atoms with Crippen molar-refractivity contribution in [3.8, 4) is 55.9 Å². The van der Waals surface area contributed by atoms with Gasteiger partial charge in [0.2, 0.25) is 0 Å². The molecule has 3 aromatic heterocycles. The van der Waals surface area contributed by atoms with Gasteiger partial charge in [-0.2, -0.15) is 0 Å². The Hall–Kier alpha value is -7.46. The van der Waals surface area contributed by atoms with Gasteiger partial charge in [0.1, 0.15) is 0 Å². The minimum Gasteiger partial charge on any atom is -0.316 e. The van der Waals surface area contributed by atoms with E-state index in [-0.39, 0.29) is 0 Å². The van der Waals surface area contributed by atoms with Crippen LogP contribution < -0.4 is 0 Å². The summed E-state index contributed by atoms with van der Waals surface area (Å²) in [6.07, 6.45) is 2.24. The maximum atomic E-state index is 2.46. The highest BCUT2D eigenvalue weighted by Gasteiger charge is 2.19. The number of thiophene rings is 1. The van der Waals surface area contributed by atoms with E-state index in [1.54, 1.807) is 0 Å². The molecule has 0 spiro atoms. The zero-order chi connectivity index (χ0) is 38.9. The first kappa shape index (κ1) is 33.7. The van der Waals surface area contributed by atoms with Crippen LogP contribution in [0.2, 0.25) is 0 Å². The van der Waals surface area contributed by atoms with Gasteiger partial charge in [0.05, 0.1) is 16.6 Å². The second-order valence-electron chi connectivity index (χ2n) is 15.3. The molecule has 12 aromatic rings. The summed E-state index contributed by atoms with van der Waals surface area (Å²) in [7, 11) is 0. The fraction of sp³-hybridized carbons (Fsp3) is 0. The van der Waals surface area contributed by atoms with Crippen LogP contribution in [0, 0.1) is 0 Å². The minimum atomic E-state index is 1.14. The summed E-state index contributed by atoms with van der Waals surface area (Å²) < 4.78 is 7.48. The number of para-hydroxylation sites is 1. The van der Waals surface area contributed by atoms with Crippen LogP contribution in [0.3, 0.4) is 0 Å². The summed E-state index contributed by atoms with van der Waals surface area (Å²) in [6.45, 7) is 0. The second-order valence-corrected chi connectivity index (χ2v) is 16.3. The van der Waals surface area contributed by atoms with E-state index in [9.17, 15) is 0 Å². The molecule has 3 heterocycles. The third kappa shape index (κ3) is 5.47. The van der Waals surface area contributed by atoms with E-state index in [1.807, 2.05) is 11.3 Å². The largest absolute Gasteiger partial charge is 0.316 e. The first-order valence-electron chi connectivity index (χ1n) is 20.2. The Morgan fingerprint density at radius 2 is 0.847 bits per heavy atom. The van der Waals surface area contributed by atoms with Crippen LogP contribution in [0.5, 0.6) is 0 Å².